The molecule has 0 aromatic rings. The molecule has 2 heteroatoms. The van der Waals surface area contributed by atoms with Crippen molar-refractivity contribution in [2.45, 2.75) is 45.8 Å². The van der Waals surface area contributed by atoms with Crippen molar-refractivity contribution in [3.8, 4) is 0 Å². The molecule has 0 heterocycles. The Morgan fingerprint density at radius 1 is 1.58 bits per heavy atom. The minimum Gasteiger partial charge on any atom is -0.388 e. The molecule has 0 fully saturated rings. The highest BCUT2D eigenvalue weighted by molar-refractivity contribution is 4.89. The summed E-state index contributed by atoms with van der Waals surface area (Å²) in [5.74, 6) is 0. The van der Waals surface area contributed by atoms with Gasteiger partial charge < -0.3 is 9.84 Å². The van der Waals surface area contributed by atoms with Gasteiger partial charge in [0.15, 0.2) is 0 Å². The Bertz CT molecular complexity index is 144. The number of hydrogen-bond donors (Lipinski definition) is 1. The molecule has 0 aliphatic heterocycles. The molecule has 0 bridgehead atoms. The monoisotopic (exact) mass is 172 g/mol. The van der Waals surface area contributed by atoms with Gasteiger partial charge in [-0.3, -0.25) is 0 Å². The number of rotatable bonds is 5. The molecule has 12 heavy (non-hydrogen) atoms. The second-order valence-electron chi connectivity index (χ2n) is 3.82. The molecule has 0 saturated heterocycles. The van der Waals surface area contributed by atoms with E-state index in [1.165, 1.54) is 0 Å². The minimum absolute atomic E-state index is 0.103. The SMILES string of the molecule is C=C(C)COC(CC)C(C)(C)O. The van der Waals surface area contributed by atoms with Crippen LogP contribution in [-0.2, 0) is 4.74 Å². The lowest BCUT2D eigenvalue weighted by Crippen LogP contribution is -2.37. The van der Waals surface area contributed by atoms with Crippen molar-refractivity contribution in [2.24, 2.45) is 0 Å². The van der Waals surface area contributed by atoms with E-state index in [2.05, 4.69) is 6.58 Å². The molecule has 0 aromatic heterocycles. The fraction of sp³-hybridized carbons (Fsp3) is 0.800. The van der Waals surface area contributed by atoms with Crippen LogP contribution in [0, 0.1) is 0 Å². The maximum absolute atomic E-state index is 9.64. The lowest BCUT2D eigenvalue weighted by molar-refractivity contribution is -0.0830. The van der Waals surface area contributed by atoms with Crippen molar-refractivity contribution < 1.29 is 9.84 Å². The standard InChI is InChI=1S/C10H20O2/c1-6-9(10(4,5)11)12-7-8(2)3/h9,11H,2,6-7H2,1,3-5H3. The van der Waals surface area contributed by atoms with Crippen molar-refractivity contribution in [1.82, 2.24) is 0 Å². The van der Waals surface area contributed by atoms with Gasteiger partial charge in [-0.2, -0.15) is 0 Å². The molecular weight excluding hydrogens is 152 g/mol. The molecule has 0 amide bonds. The summed E-state index contributed by atoms with van der Waals surface area (Å²) in [5.41, 5.74) is 0.224. The van der Waals surface area contributed by atoms with E-state index in [0.717, 1.165) is 12.0 Å². The van der Waals surface area contributed by atoms with Crippen LogP contribution in [0.1, 0.15) is 34.1 Å². The molecule has 0 aromatic carbocycles. The highest BCUT2D eigenvalue weighted by Gasteiger charge is 2.25. The van der Waals surface area contributed by atoms with Gasteiger partial charge in [0, 0.05) is 0 Å². The summed E-state index contributed by atoms with van der Waals surface area (Å²) in [6.07, 6.45) is 0.714. The van der Waals surface area contributed by atoms with Crippen LogP contribution in [-0.4, -0.2) is 23.4 Å². The summed E-state index contributed by atoms with van der Waals surface area (Å²) in [5, 5.41) is 9.64. The largest absolute Gasteiger partial charge is 0.388 e. The van der Waals surface area contributed by atoms with Crippen molar-refractivity contribution >= 4 is 0 Å². The molecule has 0 aliphatic rings. The van der Waals surface area contributed by atoms with Crippen LogP contribution in [0.2, 0.25) is 0 Å². The van der Waals surface area contributed by atoms with Gasteiger partial charge in [-0.1, -0.05) is 19.1 Å². The third-order valence-electron chi connectivity index (χ3n) is 1.69. The Morgan fingerprint density at radius 3 is 2.33 bits per heavy atom. The zero-order valence-electron chi connectivity index (χ0n) is 8.55. The molecule has 72 valence electrons. The summed E-state index contributed by atoms with van der Waals surface area (Å²) < 4.78 is 5.47. The van der Waals surface area contributed by atoms with E-state index in [1.54, 1.807) is 13.8 Å². The third-order valence-corrected chi connectivity index (χ3v) is 1.69. The summed E-state index contributed by atoms with van der Waals surface area (Å²) in [4.78, 5) is 0. The topological polar surface area (TPSA) is 29.5 Å². The number of ether oxygens (including phenoxy) is 1. The predicted octanol–water partition coefficient (Wildman–Crippen LogP) is 2.13. The van der Waals surface area contributed by atoms with Crippen LogP contribution in [0.15, 0.2) is 12.2 Å². The Balaban J connectivity index is 3.92. The van der Waals surface area contributed by atoms with Gasteiger partial charge in [-0.25, -0.2) is 0 Å². The first-order valence-corrected chi connectivity index (χ1v) is 4.36. The van der Waals surface area contributed by atoms with Crippen molar-refractivity contribution in [2.75, 3.05) is 6.61 Å². The van der Waals surface area contributed by atoms with Gasteiger partial charge >= 0.3 is 0 Å². The smallest absolute Gasteiger partial charge is 0.0858 e. The molecule has 0 rings (SSSR count). The first kappa shape index (κ1) is 11.7. The molecule has 0 radical (unpaired) electrons. The van der Waals surface area contributed by atoms with Gasteiger partial charge in [-0.15, -0.1) is 0 Å². The number of aliphatic hydroxyl groups is 1. The lowest BCUT2D eigenvalue weighted by Gasteiger charge is -2.28. The quantitative estimate of drug-likeness (QED) is 0.644. The Kier molecular flexibility index (Phi) is 4.50. The van der Waals surface area contributed by atoms with E-state index in [1.807, 2.05) is 13.8 Å². The zero-order valence-corrected chi connectivity index (χ0v) is 8.55. The first-order chi connectivity index (χ1) is 5.38. The predicted molar refractivity (Wildman–Crippen MR) is 51.1 cm³/mol. The van der Waals surface area contributed by atoms with Crippen LogP contribution in [0.3, 0.4) is 0 Å². The zero-order chi connectivity index (χ0) is 9.78. The van der Waals surface area contributed by atoms with Crippen LogP contribution < -0.4 is 0 Å². The number of hydrogen-bond acceptors (Lipinski definition) is 2. The van der Waals surface area contributed by atoms with Crippen LogP contribution in [0.25, 0.3) is 0 Å². The van der Waals surface area contributed by atoms with Crippen molar-refractivity contribution in [1.29, 1.82) is 0 Å². The minimum atomic E-state index is -0.760. The van der Waals surface area contributed by atoms with Gasteiger partial charge in [0.25, 0.3) is 0 Å². The van der Waals surface area contributed by atoms with Crippen LogP contribution in [0.5, 0.6) is 0 Å². The molecule has 2 nitrogen and oxygen atoms in total. The Labute approximate surface area is 75.2 Å². The van der Waals surface area contributed by atoms with E-state index in [9.17, 15) is 5.11 Å². The average molecular weight is 172 g/mol. The maximum atomic E-state index is 9.64. The third kappa shape index (κ3) is 4.52. The van der Waals surface area contributed by atoms with Gasteiger partial charge in [0.2, 0.25) is 0 Å². The summed E-state index contributed by atoms with van der Waals surface area (Å²) >= 11 is 0. The van der Waals surface area contributed by atoms with Crippen molar-refractivity contribution in [3.63, 3.8) is 0 Å². The molecule has 0 aliphatic carbocycles. The first-order valence-electron chi connectivity index (χ1n) is 4.36. The molecule has 1 unspecified atom stereocenters. The maximum Gasteiger partial charge on any atom is 0.0858 e. The lowest BCUT2D eigenvalue weighted by atomic mass is 10.00. The van der Waals surface area contributed by atoms with Gasteiger partial charge in [0.05, 0.1) is 18.3 Å². The average Bonchev–Trinajstić information content (AvgIpc) is 1.85. The Morgan fingerprint density at radius 2 is 2.08 bits per heavy atom. The summed E-state index contributed by atoms with van der Waals surface area (Å²) in [6.45, 7) is 11.7. The van der Waals surface area contributed by atoms with Gasteiger partial charge in [-0.05, 0) is 27.2 Å². The second-order valence-corrected chi connectivity index (χ2v) is 3.82. The van der Waals surface area contributed by atoms with E-state index in [0.29, 0.717) is 6.61 Å². The van der Waals surface area contributed by atoms with E-state index in [4.69, 9.17) is 4.74 Å². The molecule has 1 N–H and O–H groups in total. The van der Waals surface area contributed by atoms with E-state index in [-0.39, 0.29) is 6.10 Å². The van der Waals surface area contributed by atoms with Crippen LogP contribution >= 0.6 is 0 Å². The van der Waals surface area contributed by atoms with E-state index >= 15 is 0 Å². The fourth-order valence-corrected chi connectivity index (χ4v) is 1.06. The molecule has 0 saturated carbocycles. The van der Waals surface area contributed by atoms with Crippen LogP contribution in [0.4, 0.5) is 0 Å². The second kappa shape index (κ2) is 4.63. The molecule has 0 spiro atoms. The molecular formula is C10H20O2. The molecule has 1 atom stereocenters. The Hall–Kier alpha value is -0.340. The summed E-state index contributed by atoms with van der Waals surface area (Å²) in [7, 11) is 0. The van der Waals surface area contributed by atoms with E-state index < -0.39 is 5.60 Å². The van der Waals surface area contributed by atoms with Gasteiger partial charge in [0.1, 0.15) is 0 Å². The highest BCUT2D eigenvalue weighted by Crippen LogP contribution is 2.16. The van der Waals surface area contributed by atoms with Crippen molar-refractivity contribution in [3.05, 3.63) is 12.2 Å². The normalized spacial score (nSPS) is 14.4. The summed E-state index contributed by atoms with van der Waals surface area (Å²) in [6, 6.07) is 0. The fourth-order valence-electron chi connectivity index (χ4n) is 1.06. The highest BCUT2D eigenvalue weighted by atomic mass is 16.5.